The minimum atomic E-state index is -0.616. The van der Waals surface area contributed by atoms with Gasteiger partial charge < -0.3 is 10.3 Å². The van der Waals surface area contributed by atoms with E-state index in [9.17, 15) is 4.79 Å². The van der Waals surface area contributed by atoms with E-state index < -0.39 is 5.91 Å². The third-order valence-electron chi connectivity index (χ3n) is 2.10. The van der Waals surface area contributed by atoms with E-state index >= 15 is 0 Å². The fourth-order valence-corrected chi connectivity index (χ4v) is 1.45. The number of benzene rings is 1. The second kappa shape index (κ2) is 4.37. The Morgan fingerprint density at radius 2 is 2.06 bits per heavy atom. The van der Waals surface area contributed by atoms with Crippen LogP contribution in [0.1, 0.15) is 21.8 Å². The van der Waals surface area contributed by atoms with E-state index in [1.54, 1.807) is 12.1 Å². The normalized spacial score (nSPS) is 10.3. The Bertz CT molecular complexity index is 505. The van der Waals surface area contributed by atoms with Crippen LogP contribution in [0.2, 0.25) is 5.02 Å². The van der Waals surface area contributed by atoms with Gasteiger partial charge >= 0.3 is 0 Å². The average Bonchev–Trinajstić information content (AvgIpc) is 2.70. The average molecular weight is 237 g/mol. The van der Waals surface area contributed by atoms with Gasteiger partial charge in [-0.15, -0.1) is 0 Å². The monoisotopic (exact) mass is 236 g/mol. The van der Waals surface area contributed by atoms with Crippen LogP contribution in [0, 0.1) is 0 Å². The van der Waals surface area contributed by atoms with Gasteiger partial charge in [-0.25, -0.2) is 0 Å². The van der Waals surface area contributed by atoms with Gasteiger partial charge in [-0.2, -0.15) is 0 Å². The van der Waals surface area contributed by atoms with Crippen LogP contribution in [-0.4, -0.2) is 11.1 Å². The van der Waals surface area contributed by atoms with Crippen molar-refractivity contribution in [1.29, 1.82) is 0 Å². The summed E-state index contributed by atoms with van der Waals surface area (Å²) in [5, 5.41) is 4.43. The number of carbonyl (C=O) groups excluding carboxylic acids is 1. The van der Waals surface area contributed by atoms with Crippen LogP contribution >= 0.6 is 11.6 Å². The lowest BCUT2D eigenvalue weighted by molar-refractivity contribution is 0.0965. The summed E-state index contributed by atoms with van der Waals surface area (Å²) in [6.45, 7) is 0. The first-order valence-electron chi connectivity index (χ1n) is 4.65. The van der Waals surface area contributed by atoms with Gasteiger partial charge in [0.25, 0.3) is 5.91 Å². The van der Waals surface area contributed by atoms with Gasteiger partial charge in [0.05, 0.1) is 5.69 Å². The zero-order valence-electron chi connectivity index (χ0n) is 8.31. The van der Waals surface area contributed by atoms with E-state index in [1.807, 2.05) is 12.1 Å². The van der Waals surface area contributed by atoms with Crippen molar-refractivity contribution >= 4 is 17.5 Å². The molecule has 0 unspecified atom stereocenters. The van der Waals surface area contributed by atoms with Crippen LogP contribution in [0.3, 0.4) is 0 Å². The zero-order valence-corrected chi connectivity index (χ0v) is 9.07. The number of carbonyl (C=O) groups is 1. The minimum absolute atomic E-state index is 0.0731. The number of nitrogens with zero attached hydrogens (tertiary/aromatic N) is 1. The second-order valence-corrected chi connectivity index (χ2v) is 3.79. The molecule has 16 heavy (non-hydrogen) atoms. The number of rotatable bonds is 3. The highest BCUT2D eigenvalue weighted by Gasteiger charge is 2.09. The molecule has 2 aromatic rings. The molecule has 0 atom stereocenters. The summed E-state index contributed by atoms with van der Waals surface area (Å²) in [7, 11) is 0. The first-order valence-corrected chi connectivity index (χ1v) is 5.03. The SMILES string of the molecule is NC(=O)c1cc(Cc2ccc(Cl)cc2)no1. The summed E-state index contributed by atoms with van der Waals surface area (Å²) in [6, 6.07) is 8.91. The van der Waals surface area contributed by atoms with Crippen molar-refractivity contribution in [3.63, 3.8) is 0 Å². The Balaban J connectivity index is 2.14. The van der Waals surface area contributed by atoms with Crippen molar-refractivity contribution in [2.75, 3.05) is 0 Å². The Morgan fingerprint density at radius 1 is 1.38 bits per heavy atom. The third-order valence-corrected chi connectivity index (χ3v) is 2.35. The largest absolute Gasteiger partial charge is 0.363 e. The summed E-state index contributed by atoms with van der Waals surface area (Å²) in [5.74, 6) is -0.543. The highest BCUT2D eigenvalue weighted by atomic mass is 35.5. The van der Waals surface area contributed by atoms with E-state index in [2.05, 4.69) is 5.16 Å². The molecule has 0 aliphatic carbocycles. The molecular weight excluding hydrogens is 228 g/mol. The van der Waals surface area contributed by atoms with Crippen LogP contribution in [0.4, 0.5) is 0 Å². The number of aromatic nitrogens is 1. The molecule has 82 valence electrons. The van der Waals surface area contributed by atoms with Gasteiger partial charge in [0, 0.05) is 17.5 Å². The molecule has 0 radical (unpaired) electrons. The van der Waals surface area contributed by atoms with Crippen LogP contribution < -0.4 is 5.73 Å². The Labute approximate surface area is 97.0 Å². The second-order valence-electron chi connectivity index (χ2n) is 3.35. The molecule has 0 saturated carbocycles. The molecule has 1 aromatic carbocycles. The van der Waals surface area contributed by atoms with Crippen LogP contribution in [-0.2, 0) is 6.42 Å². The molecule has 1 amide bonds. The van der Waals surface area contributed by atoms with E-state index in [0.29, 0.717) is 17.1 Å². The number of amides is 1. The van der Waals surface area contributed by atoms with E-state index in [4.69, 9.17) is 21.9 Å². The minimum Gasteiger partial charge on any atom is -0.363 e. The molecule has 0 aliphatic heterocycles. The lowest BCUT2D eigenvalue weighted by atomic mass is 10.1. The van der Waals surface area contributed by atoms with Crippen LogP contribution in [0.15, 0.2) is 34.9 Å². The number of halogens is 1. The lowest BCUT2D eigenvalue weighted by Crippen LogP contribution is -2.09. The number of hydrogen-bond donors (Lipinski definition) is 1. The van der Waals surface area contributed by atoms with Crippen molar-refractivity contribution in [3.05, 3.63) is 52.4 Å². The van der Waals surface area contributed by atoms with Gasteiger partial charge in [0.15, 0.2) is 0 Å². The maximum absolute atomic E-state index is 10.8. The topological polar surface area (TPSA) is 69.1 Å². The van der Waals surface area contributed by atoms with Crippen molar-refractivity contribution < 1.29 is 9.32 Å². The summed E-state index contributed by atoms with van der Waals surface area (Å²) >= 11 is 5.76. The fraction of sp³-hybridized carbons (Fsp3) is 0.0909. The van der Waals surface area contributed by atoms with Crippen molar-refractivity contribution in [3.8, 4) is 0 Å². The van der Waals surface area contributed by atoms with Crippen LogP contribution in [0.25, 0.3) is 0 Å². The summed E-state index contributed by atoms with van der Waals surface area (Å²) < 4.78 is 4.77. The van der Waals surface area contributed by atoms with E-state index in [-0.39, 0.29) is 5.76 Å². The zero-order chi connectivity index (χ0) is 11.5. The van der Waals surface area contributed by atoms with Gasteiger partial charge in [-0.1, -0.05) is 28.9 Å². The Kier molecular flexibility index (Phi) is 2.92. The summed E-state index contributed by atoms with van der Waals surface area (Å²) in [5.41, 5.74) is 6.75. The number of hydrogen-bond acceptors (Lipinski definition) is 3. The Hall–Kier alpha value is -1.81. The first-order chi connectivity index (χ1) is 7.65. The Morgan fingerprint density at radius 3 is 2.62 bits per heavy atom. The lowest BCUT2D eigenvalue weighted by Gasteiger charge is -1.96. The smallest absolute Gasteiger partial charge is 0.287 e. The predicted molar refractivity (Wildman–Crippen MR) is 59.3 cm³/mol. The molecule has 4 nitrogen and oxygen atoms in total. The fourth-order valence-electron chi connectivity index (χ4n) is 1.32. The van der Waals surface area contributed by atoms with E-state index in [0.717, 1.165) is 5.56 Å². The molecule has 0 fully saturated rings. The van der Waals surface area contributed by atoms with Crippen molar-refractivity contribution in [2.24, 2.45) is 5.73 Å². The maximum Gasteiger partial charge on any atom is 0.287 e. The van der Waals surface area contributed by atoms with Gasteiger partial charge in [0.2, 0.25) is 5.76 Å². The molecule has 0 bridgehead atoms. The molecule has 1 aromatic heterocycles. The van der Waals surface area contributed by atoms with Crippen molar-refractivity contribution in [1.82, 2.24) is 5.16 Å². The number of nitrogens with two attached hydrogens (primary N) is 1. The molecule has 5 heteroatoms. The van der Waals surface area contributed by atoms with Crippen molar-refractivity contribution in [2.45, 2.75) is 6.42 Å². The van der Waals surface area contributed by atoms with Gasteiger partial charge in [0.1, 0.15) is 0 Å². The standard InChI is InChI=1S/C11H9ClN2O2/c12-8-3-1-7(2-4-8)5-9-6-10(11(13)15)16-14-9/h1-4,6H,5H2,(H2,13,15). The predicted octanol–water partition coefficient (Wildman–Crippen LogP) is 2.02. The quantitative estimate of drug-likeness (QED) is 0.886. The third kappa shape index (κ3) is 2.41. The summed E-state index contributed by atoms with van der Waals surface area (Å²) in [6.07, 6.45) is 0.577. The molecule has 2 N–H and O–H groups in total. The summed E-state index contributed by atoms with van der Waals surface area (Å²) in [4.78, 5) is 10.8. The highest BCUT2D eigenvalue weighted by Crippen LogP contribution is 2.13. The molecule has 0 spiro atoms. The molecule has 0 saturated heterocycles. The molecule has 2 rings (SSSR count). The van der Waals surface area contributed by atoms with E-state index in [1.165, 1.54) is 6.07 Å². The highest BCUT2D eigenvalue weighted by molar-refractivity contribution is 6.30. The van der Waals surface area contributed by atoms with Crippen LogP contribution in [0.5, 0.6) is 0 Å². The molecule has 1 heterocycles. The molecule has 0 aliphatic rings. The number of primary amides is 1. The maximum atomic E-state index is 10.8. The van der Waals surface area contributed by atoms with Gasteiger partial charge in [-0.05, 0) is 17.7 Å². The van der Waals surface area contributed by atoms with Gasteiger partial charge in [-0.3, -0.25) is 4.79 Å². The molecular formula is C11H9ClN2O2. The first kappa shape index (κ1) is 10.7.